The molecule has 2 aromatic rings. The van der Waals surface area contributed by atoms with Crippen molar-refractivity contribution in [2.45, 2.75) is 6.42 Å². The molecule has 0 heterocycles. The number of nitrogens with zero attached hydrogens (tertiary/aromatic N) is 1. The van der Waals surface area contributed by atoms with Crippen LogP contribution < -0.4 is 5.73 Å². The number of rotatable bonds is 5. The van der Waals surface area contributed by atoms with Crippen LogP contribution in [0.1, 0.15) is 5.56 Å². The van der Waals surface area contributed by atoms with Crippen LogP contribution in [0.4, 0.5) is 5.69 Å². The second kappa shape index (κ2) is 7.01. The molecule has 0 saturated carbocycles. The van der Waals surface area contributed by atoms with Crippen LogP contribution in [0.25, 0.3) is 10.8 Å². The van der Waals surface area contributed by atoms with Crippen molar-refractivity contribution in [3.63, 3.8) is 0 Å². The van der Waals surface area contributed by atoms with E-state index in [1.54, 1.807) is 30.3 Å². The van der Waals surface area contributed by atoms with Gasteiger partial charge in [-0.3, -0.25) is 14.9 Å². The zero-order valence-electron chi connectivity index (χ0n) is 11.1. The van der Waals surface area contributed by atoms with Gasteiger partial charge in [0.05, 0.1) is 16.2 Å². The number of nitrogens with two attached hydrogens (primary N) is 1. The Hall–Kier alpha value is -2.18. The summed E-state index contributed by atoms with van der Waals surface area (Å²) in [5, 5.41) is 21.3. The maximum atomic E-state index is 11.1. The fraction of sp³-hybridized carbons (Fsp3) is 0.214. The summed E-state index contributed by atoms with van der Waals surface area (Å²) in [6.45, 7) is 0.0284. The van der Waals surface area contributed by atoms with Gasteiger partial charge in [-0.05, 0) is 23.4 Å². The average Bonchev–Trinajstić information content (AvgIpc) is 2.43. The fourth-order valence-corrected chi connectivity index (χ4v) is 2.22. The lowest BCUT2D eigenvalue weighted by Crippen LogP contribution is -2.25. The smallest absolute Gasteiger partial charge is 0.308 e. The summed E-state index contributed by atoms with van der Waals surface area (Å²) in [6.07, 6.45) is 0.254. The lowest BCUT2D eigenvalue weighted by molar-refractivity contribution is -0.383. The molecule has 0 aliphatic rings. The van der Waals surface area contributed by atoms with Gasteiger partial charge in [0.25, 0.3) is 5.69 Å². The zero-order valence-corrected chi connectivity index (χ0v) is 11.9. The van der Waals surface area contributed by atoms with Crippen LogP contribution in [-0.4, -0.2) is 22.5 Å². The van der Waals surface area contributed by atoms with Crippen molar-refractivity contribution in [3.8, 4) is 0 Å². The lowest BCUT2D eigenvalue weighted by atomic mass is 9.94. The number of carboxylic acids is 1. The molecule has 0 radical (unpaired) electrons. The van der Waals surface area contributed by atoms with Gasteiger partial charge in [0.15, 0.2) is 0 Å². The first kappa shape index (κ1) is 16.9. The number of carbonyl (C=O) groups is 1. The van der Waals surface area contributed by atoms with Crippen molar-refractivity contribution in [2.24, 2.45) is 11.7 Å². The quantitative estimate of drug-likeness (QED) is 0.651. The van der Waals surface area contributed by atoms with Crippen LogP contribution in [0.3, 0.4) is 0 Å². The molecule has 2 aromatic carbocycles. The number of non-ortho nitro benzene ring substituents is 1. The number of nitro groups is 1. The van der Waals surface area contributed by atoms with Crippen molar-refractivity contribution in [3.05, 3.63) is 52.1 Å². The van der Waals surface area contributed by atoms with Gasteiger partial charge >= 0.3 is 5.97 Å². The highest BCUT2D eigenvalue weighted by molar-refractivity contribution is 5.93. The van der Waals surface area contributed by atoms with Crippen molar-refractivity contribution in [2.75, 3.05) is 6.54 Å². The highest BCUT2D eigenvalue weighted by Gasteiger charge is 2.19. The minimum atomic E-state index is -0.963. The Morgan fingerprint density at radius 3 is 2.38 bits per heavy atom. The monoisotopic (exact) mass is 310 g/mol. The maximum Gasteiger partial charge on any atom is 0.308 e. The van der Waals surface area contributed by atoms with E-state index in [1.807, 2.05) is 0 Å². The summed E-state index contributed by atoms with van der Waals surface area (Å²) in [5.74, 6) is -1.66. The number of halogens is 1. The highest BCUT2D eigenvalue weighted by atomic mass is 35.5. The number of hydrogen-bond acceptors (Lipinski definition) is 4. The second-order valence-corrected chi connectivity index (χ2v) is 4.52. The minimum Gasteiger partial charge on any atom is -0.481 e. The van der Waals surface area contributed by atoms with E-state index >= 15 is 0 Å². The van der Waals surface area contributed by atoms with Crippen molar-refractivity contribution < 1.29 is 14.8 Å². The van der Waals surface area contributed by atoms with Gasteiger partial charge in [0, 0.05) is 12.6 Å². The summed E-state index contributed by atoms with van der Waals surface area (Å²) in [7, 11) is 0. The zero-order chi connectivity index (χ0) is 14.7. The third kappa shape index (κ3) is 3.48. The Labute approximate surface area is 127 Å². The second-order valence-electron chi connectivity index (χ2n) is 4.52. The Balaban J connectivity index is 0.00000220. The number of aliphatic carboxylic acids is 1. The standard InChI is InChI=1S/C14H14N2O4.ClH/c15-8-10(14(17)18)7-9-5-6-13(16(19)20)12-4-2-1-3-11(9)12;/h1-6,10H,7-8,15H2,(H,17,18);1H/t10-;/m0./s1. The molecule has 0 amide bonds. The normalized spacial score (nSPS) is 11.7. The fourth-order valence-electron chi connectivity index (χ4n) is 2.22. The largest absolute Gasteiger partial charge is 0.481 e. The number of fused-ring (bicyclic) bond motifs is 1. The van der Waals surface area contributed by atoms with Crippen molar-refractivity contribution >= 4 is 34.8 Å². The average molecular weight is 311 g/mol. The molecule has 0 aliphatic carbocycles. The van der Waals surface area contributed by atoms with Crippen LogP contribution in [0.5, 0.6) is 0 Å². The molecule has 2 rings (SSSR count). The van der Waals surface area contributed by atoms with Crippen LogP contribution >= 0.6 is 12.4 Å². The molecule has 0 aromatic heterocycles. The number of nitro benzene ring substituents is 1. The topological polar surface area (TPSA) is 106 Å². The van der Waals surface area contributed by atoms with Gasteiger partial charge < -0.3 is 10.8 Å². The molecule has 3 N–H and O–H groups in total. The summed E-state index contributed by atoms with van der Waals surface area (Å²) in [5.41, 5.74) is 6.23. The van der Waals surface area contributed by atoms with Gasteiger partial charge in [-0.1, -0.05) is 24.3 Å². The predicted molar refractivity (Wildman–Crippen MR) is 81.7 cm³/mol. The molecule has 0 fully saturated rings. The summed E-state index contributed by atoms with van der Waals surface area (Å²) in [4.78, 5) is 21.6. The first-order chi connectivity index (χ1) is 9.54. The third-order valence-corrected chi connectivity index (χ3v) is 3.29. The van der Waals surface area contributed by atoms with E-state index in [1.165, 1.54) is 6.07 Å². The first-order valence-electron chi connectivity index (χ1n) is 6.12. The summed E-state index contributed by atoms with van der Waals surface area (Å²) >= 11 is 0. The molecule has 21 heavy (non-hydrogen) atoms. The third-order valence-electron chi connectivity index (χ3n) is 3.29. The predicted octanol–water partition coefficient (Wildman–Crippen LogP) is 2.37. The molecule has 112 valence electrons. The molecule has 0 saturated heterocycles. The Bertz CT molecular complexity index is 675. The van der Waals surface area contributed by atoms with E-state index in [-0.39, 0.29) is 31.1 Å². The lowest BCUT2D eigenvalue weighted by Gasteiger charge is -2.12. The number of carboxylic acid groups (broad SMARTS) is 1. The van der Waals surface area contributed by atoms with E-state index in [0.717, 1.165) is 5.56 Å². The first-order valence-corrected chi connectivity index (χ1v) is 6.12. The molecule has 6 nitrogen and oxygen atoms in total. The van der Waals surface area contributed by atoms with Crippen LogP contribution in [0, 0.1) is 16.0 Å². The minimum absolute atomic E-state index is 0. The van der Waals surface area contributed by atoms with Crippen LogP contribution in [0.2, 0.25) is 0 Å². The molecule has 0 bridgehead atoms. The number of benzene rings is 2. The van der Waals surface area contributed by atoms with Gasteiger partial charge in [-0.15, -0.1) is 12.4 Å². The Kier molecular flexibility index (Phi) is 5.63. The van der Waals surface area contributed by atoms with E-state index < -0.39 is 16.8 Å². The van der Waals surface area contributed by atoms with Gasteiger partial charge in [-0.2, -0.15) is 0 Å². The number of hydrogen-bond donors (Lipinski definition) is 2. The van der Waals surface area contributed by atoms with E-state index in [9.17, 15) is 14.9 Å². The maximum absolute atomic E-state index is 11.1. The molecule has 0 unspecified atom stereocenters. The Morgan fingerprint density at radius 1 is 1.24 bits per heavy atom. The molecular weight excluding hydrogens is 296 g/mol. The van der Waals surface area contributed by atoms with Gasteiger partial charge in [0.2, 0.25) is 0 Å². The Morgan fingerprint density at radius 2 is 1.86 bits per heavy atom. The van der Waals surface area contributed by atoms with Gasteiger partial charge in [-0.25, -0.2) is 0 Å². The summed E-state index contributed by atoms with van der Waals surface area (Å²) < 4.78 is 0. The van der Waals surface area contributed by atoms with E-state index in [0.29, 0.717) is 10.8 Å². The van der Waals surface area contributed by atoms with Crippen LogP contribution in [0.15, 0.2) is 36.4 Å². The molecule has 0 aliphatic heterocycles. The molecule has 0 spiro atoms. The van der Waals surface area contributed by atoms with Gasteiger partial charge in [0.1, 0.15) is 0 Å². The van der Waals surface area contributed by atoms with E-state index in [2.05, 4.69) is 0 Å². The molecule has 1 atom stereocenters. The van der Waals surface area contributed by atoms with Crippen molar-refractivity contribution in [1.82, 2.24) is 0 Å². The molecule has 7 heteroatoms. The molecular formula is C14H15ClN2O4. The summed E-state index contributed by atoms with van der Waals surface area (Å²) in [6, 6.07) is 9.92. The SMILES string of the molecule is Cl.NC[C@H](Cc1ccc([N+](=O)[O-])c2ccccc12)C(=O)O. The van der Waals surface area contributed by atoms with Crippen molar-refractivity contribution in [1.29, 1.82) is 0 Å². The van der Waals surface area contributed by atoms with E-state index in [4.69, 9.17) is 10.8 Å². The van der Waals surface area contributed by atoms with Crippen LogP contribution in [-0.2, 0) is 11.2 Å². The highest BCUT2D eigenvalue weighted by Crippen LogP contribution is 2.29.